The number of Topliss-reactive ketones (excluding diaryl/α,β-unsaturated/α-hetero) is 1. The number of benzene rings is 1. The molecule has 1 aliphatic rings. The number of rotatable bonds is 4. The summed E-state index contributed by atoms with van der Waals surface area (Å²) in [6.45, 7) is 0. The maximum absolute atomic E-state index is 11.9. The molecule has 1 saturated carbocycles. The Kier molecular flexibility index (Phi) is 5.16. The second-order valence-corrected chi connectivity index (χ2v) is 6.82. The first kappa shape index (κ1) is 15.7. The molecule has 1 aromatic carbocycles. The summed E-state index contributed by atoms with van der Waals surface area (Å²) in [5.74, 6) is 6.17. The van der Waals surface area contributed by atoms with Gasteiger partial charge in [-0.3, -0.25) is 4.79 Å². The van der Waals surface area contributed by atoms with Gasteiger partial charge in [0.1, 0.15) is 5.78 Å². The third-order valence-electron chi connectivity index (χ3n) is 3.72. The Morgan fingerprint density at radius 3 is 2.57 bits per heavy atom. The highest BCUT2D eigenvalue weighted by molar-refractivity contribution is 7.89. The maximum Gasteiger partial charge on any atom is 0.239 e. The van der Waals surface area contributed by atoms with E-state index in [4.69, 9.17) is 5.14 Å². The highest BCUT2D eigenvalue weighted by Crippen LogP contribution is 2.26. The monoisotopic (exact) mass is 305 g/mol. The lowest BCUT2D eigenvalue weighted by molar-refractivity contribution is -0.122. The SMILES string of the molecule is NS(=O)(=O)c1ccccc1C#CCCC(=O)C1CCCC1. The Balaban J connectivity index is 1.99. The van der Waals surface area contributed by atoms with E-state index in [-0.39, 0.29) is 16.6 Å². The van der Waals surface area contributed by atoms with E-state index in [9.17, 15) is 13.2 Å². The van der Waals surface area contributed by atoms with Crippen LogP contribution < -0.4 is 5.14 Å². The first-order chi connectivity index (χ1) is 9.98. The average molecular weight is 305 g/mol. The predicted octanol–water partition coefficient (Wildman–Crippen LogP) is 2.23. The molecular weight excluding hydrogens is 286 g/mol. The molecule has 0 unspecified atom stereocenters. The van der Waals surface area contributed by atoms with Crippen molar-refractivity contribution in [2.45, 2.75) is 43.4 Å². The predicted molar refractivity (Wildman–Crippen MR) is 80.9 cm³/mol. The zero-order chi connectivity index (χ0) is 15.3. The zero-order valence-corrected chi connectivity index (χ0v) is 12.7. The Hall–Kier alpha value is -1.64. The third-order valence-corrected chi connectivity index (χ3v) is 4.69. The lowest BCUT2D eigenvalue weighted by atomic mass is 9.99. The molecule has 0 saturated heterocycles. The summed E-state index contributed by atoms with van der Waals surface area (Å²) < 4.78 is 22.8. The van der Waals surface area contributed by atoms with Crippen molar-refractivity contribution in [3.05, 3.63) is 29.8 Å². The minimum atomic E-state index is -3.77. The van der Waals surface area contributed by atoms with E-state index in [1.165, 1.54) is 6.07 Å². The van der Waals surface area contributed by atoms with Crippen molar-refractivity contribution in [2.24, 2.45) is 11.1 Å². The second kappa shape index (κ2) is 6.88. The molecule has 5 heteroatoms. The Bertz CT molecular complexity index is 677. The van der Waals surface area contributed by atoms with Gasteiger partial charge in [-0.2, -0.15) is 0 Å². The molecule has 0 atom stereocenters. The van der Waals surface area contributed by atoms with Crippen molar-refractivity contribution >= 4 is 15.8 Å². The molecule has 0 aromatic heterocycles. The van der Waals surface area contributed by atoms with Gasteiger partial charge < -0.3 is 0 Å². The number of nitrogens with two attached hydrogens (primary N) is 1. The van der Waals surface area contributed by atoms with Gasteiger partial charge in [-0.25, -0.2) is 13.6 Å². The van der Waals surface area contributed by atoms with Crippen LogP contribution in [0.5, 0.6) is 0 Å². The summed E-state index contributed by atoms with van der Waals surface area (Å²) in [5.41, 5.74) is 0.383. The molecule has 4 nitrogen and oxygen atoms in total. The summed E-state index contributed by atoms with van der Waals surface area (Å²) in [6, 6.07) is 6.37. The Morgan fingerprint density at radius 1 is 1.24 bits per heavy atom. The second-order valence-electron chi connectivity index (χ2n) is 5.29. The van der Waals surface area contributed by atoms with Crippen LogP contribution in [-0.2, 0) is 14.8 Å². The highest BCUT2D eigenvalue weighted by Gasteiger charge is 2.21. The van der Waals surface area contributed by atoms with Crippen LogP contribution in [0.25, 0.3) is 0 Å². The molecular formula is C16H19NO3S. The van der Waals surface area contributed by atoms with Gasteiger partial charge in [-0.15, -0.1) is 0 Å². The molecule has 0 heterocycles. The van der Waals surface area contributed by atoms with E-state index in [0.29, 0.717) is 18.4 Å². The molecule has 21 heavy (non-hydrogen) atoms. The summed E-state index contributed by atoms with van der Waals surface area (Å²) in [6.07, 6.45) is 5.18. The van der Waals surface area contributed by atoms with Crippen LogP contribution in [0.3, 0.4) is 0 Å². The van der Waals surface area contributed by atoms with Crippen molar-refractivity contribution in [1.29, 1.82) is 0 Å². The largest absolute Gasteiger partial charge is 0.299 e. The van der Waals surface area contributed by atoms with Crippen LogP contribution in [0.1, 0.15) is 44.1 Å². The van der Waals surface area contributed by atoms with Gasteiger partial charge in [-0.05, 0) is 25.0 Å². The van der Waals surface area contributed by atoms with Crippen LogP contribution in [-0.4, -0.2) is 14.2 Å². The number of hydrogen-bond acceptors (Lipinski definition) is 3. The number of carbonyl (C=O) groups excluding carboxylic acids is 1. The normalized spacial score (nSPS) is 15.5. The van der Waals surface area contributed by atoms with Gasteiger partial charge in [0.15, 0.2) is 0 Å². The molecule has 1 aromatic rings. The number of primary sulfonamides is 1. The molecule has 112 valence electrons. The van der Waals surface area contributed by atoms with E-state index in [1.54, 1.807) is 18.2 Å². The van der Waals surface area contributed by atoms with Crippen molar-refractivity contribution in [2.75, 3.05) is 0 Å². The fourth-order valence-corrected chi connectivity index (χ4v) is 3.31. The average Bonchev–Trinajstić information content (AvgIpc) is 2.97. The summed E-state index contributed by atoms with van der Waals surface area (Å²) >= 11 is 0. The standard InChI is InChI=1S/C16H19NO3S/c17-21(19,20)16-12-6-4-10-14(16)9-3-5-11-15(18)13-7-1-2-8-13/h4,6,10,12-13H,1-2,5,7-8,11H2,(H2,17,19,20). The molecule has 0 radical (unpaired) electrons. The minimum absolute atomic E-state index is 0.0274. The zero-order valence-electron chi connectivity index (χ0n) is 11.8. The third kappa shape index (κ3) is 4.42. The Morgan fingerprint density at radius 2 is 1.90 bits per heavy atom. The molecule has 0 bridgehead atoms. The lowest BCUT2D eigenvalue weighted by Crippen LogP contribution is -2.13. The molecule has 0 amide bonds. The highest BCUT2D eigenvalue weighted by atomic mass is 32.2. The van der Waals surface area contributed by atoms with E-state index in [2.05, 4.69) is 11.8 Å². The topological polar surface area (TPSA) is 77.2 Å². The van der Waals surface area contributed by atoms with Gasteiger partial charge in [0.05, 0.1) is 4.90 Å². The van der Waals surface area contributed by atoms with Crippen LogP contribution in [0.15, 0.2) is 29.2 Å². The van der Waals surface area contributed by atoms with Crippen LogP contribution in [0.4, 0.5) is 0 Å². The number of sulfonamides is 1. The van der Waals surface area contributed by atoms with Crippen molar-refractivity contribution in [1.82, 2.24) is 0 Å². The van der Waals surface area contributed by atoms with Gasteiger partial charge in [0, 0.05) is 24.3 Å². The van der Waals surface area contributed by atoms with Gasteiger partial charge in [0.25, 0.3) is 0 Å². The van der Waals surface area contributed by atoms with Crippen molar-refractivity contribution in [3.8, 4) is 11.8 Å². The van der Waals surface area contributed by atoms with Crippen LogP contribution in [0.2, 0.25) is 0 Å². The molecule has 1 aliphatic carbocycles. The molecule has 1 fully saturated rings. The molecule has 0 spiro atoms. The quantitative estimate of drug-likeness (QED) is 0.866. The first-order valence-electron chi connectivity index (χ1n) is 7.12. The molecule has 2 N–H and O–H groups in total. The first-order valence-corrected chi connectivity index (χ1v) is 8.66. The number of ketones is 1. The summed E-state index contributed by atoms with van der Waals surface area (Å²) in [5, 5.41) is 5.14. The molecule has 0 aliphatic heterocycles. The van der Waals surface area contributed by atoms with Gasteiger partial charge in [-0.1, -0.05) is 36.8 Å². The van der Waals surface area contributed by atoms with E-state index < -0.39 is 10.0 Å². The minimum Gasteiger partial charge on any atom is -0.299 e. The van der Waals surface area contributed by atoms with E-state index in [1.807, 2.05) is 0 Å². The van der Waals surface area contributed by atoms with Gasteiger partial charge in [0.2, 0.25) is 10.0 Å². The number of hydrogen-bond donors (Lipinski definition) is 1. The Labute approximate surface area is 125 Å². The van der Waals surface area contributed by atoms with E-state index >= 15 is 0 Å². The van der Waals surface area contributed by atoms with Crippen LogP contribution >= 0.6 is 0 Å². The number of carbonyl (C=O) groups is 1. The fourth-order valence-electron chi connectivity index (χ4n) is 2.61. The van der Waals surface area contributed by atoms with Gasteiger partial charge >= 0.3 is 0 Å². The lowest BCUT2D eigenvalue weighted by Gasteiger charge is -2.04. The van der Waals surface area contributed by atoms with Crippen LogP contribution in [0, 0.1) is 17.8 Å². The van der Waals surface area contributed by atoms with E-state index in [0.717, 1.165) is 25.7 Å². The summed E-state index contributed by atoms with van der Waals surface area (Å²) in [4.78, 5) is 11.9. The fraction of sp³-hybridized carbons (Fsp3) is 0.438. The van der Waals surface area contributed by atoms with Crippen molar-refractivity contribution in [3.63, 3.8) is 0 Å². The molecule has 2 rings (SSSR count). The maximum atomic E-state index is 11.9. The smallest absolute Gasteiger partial charge is 0.239 e. The summed E-state index contributed by atoms with van der Waals surface area (Å²) in [7, 11) is -3.77. The van der Waals surface area contributed by atoms with Crippen molar-refractivity contribution < 1.29 is 13.2 Å².